The number of Topliss-reactive ketones (excluding diaryl/α,β-unsaturated/α-hetero) is 1. The number of ether oxygens (including phenoxy) is 2. The zero-order chi connectivity index (χ0) is 12.0. The molecule has 0 amide bonds. The van der Waals surface area contributed by atoms with Crippen molar-refractivity contribution < 1.29 is 14.3 Å². The fourth-order valence-corrected chi connectivity index (χ4v) is 1.55. The van der Waals surface area contributed by atoms with Gasteiger partial charge in [0, 0.05) is 33.2 Å². The van der Waals surface area contributed by atoms with Crippen LogP contribution in [-0.2, 0) is 27.2 Å². The summed E-state index contributed by atoms with van der Waals surface area (Å²) in [6.07, 6.45) is 4.02. The lowest BCUT2D eigenvalue weighted by Gasteiger charge is -2.12. The van der Waals surface area contributed by atoms with Gasteiger partial charge in [-0.05, 0) is 6.42 Å². The predicted octanol–water partition coefficient (Wildman–Crippen LogP) is 1.02. The molecular weight excluding hydrogens is 208 g/mol. The van der Waals surface area contributed by atoms with E-state index in [1.54, 1.807) is 6.20 Å². The van der Waals surface area contributed by atoms with E-state index in [-0.39, 0.29) is 12.2 Å². The first-order valence-corrected chi connectivity index (χ1v) is 5.31. The second kappa shape index (κ2) is 6.40. The van der Waals surface area contributed by atoms with Gasteiger partial charge in [0.25, 0.3) is 0 Å². The number of ketones is 1. The molecule has 0 fully saturated rings. The minimum atomic E-state index is -0.799. The molecule has 1 aromatic rings. The zero-order valence-corrected chi connectivity index (χ0v) is 9.97. The van der Waals surface area contributed by atoms with Crippen LogP contribution in [0.4, 0.5) is 0 Å². The Kier molecular flexibility index (Phi) is 5.14. The molecule has 0 aliphatic heterocycles. The lowest BCUT2D eigenvalue weighted by molar-refractivity contribution is -0.156. The smallest absolute Gasteiger partial charge is 0.217 e. The number of imidazole rings is 1. The van der Waals surface area contributed by atoms with Gasteiger partial charge in [0.2, 0.25) is 6.29 Å². The van der Waals surface area contributed by atoms with E-state index < -0.39 is 6.29 Å². The Bertz CT molecular complexity index is 332. The summed E-state index contributed by atoms with van der Waals surface area (Å²) in [4.78, 5) is 15.9. The normalized spacial score (nSPS) is 11.0. The van der Waals surface area contributed by atoms with Crippen molar-refractivity contribution in [3.05, 3.63) is 18.2 Å². The summed E-state index contributed by atoms with van der Waals surface area (Å²) < 4.78 is 11.8. The number of hydrogen-bond donors (Lipinski definition) is 0. The molecule has 5 heteroatoms. The average molecular weight is 226 g/mol. The summed E-state index contributed by atoms with van der Waals surface area (Å²) in [5.41, 5.74) is 0. The lowest BCUT2D eigenvalue weighted by atomic mass is 10.2. The standard InChI is InChI=1S/C11H18N2O3/c1-4-6-13-7-5-12-10(13)8-9(14)11(15-2)16-3/h5,7,11H,4,6,8H2,1-3H3. The molecule has 0 atom stereocenters. The maximum Gasteiger partial charge on any atom is 0.217 e. The first-order valence-electron chi connectivity index (χ1n) is 5.31. The van der Waals surface area contributed by atoms with Crippen molar-refractivity contribution in [3.8, 4) is 0 Å². The van der Waals surface area contributed by atoms with Crippen molar-refractivity contribution in [1.82, 2.24) is 9.55 Å². The molecule has 1 rings (SSSR count). The Hall–Kier alpha value is -1.20. The lowest BCUT2D eigenvalue weighted by Crippen LogP contribution is -2.27. The van der Waals surface area contributed by atoms with Gasteiger partial charge < -0.3 is 14.0 Å². The van der Waals surface area contributed by atoms with Gasteiger partial charge in [-0.1, -0.05) is 6.92 Å². The Balaban J connectivity index is 2.64. The van der Waals surface area contributed by atoms with Gasteiger partial charge in [-0.2, -0.15) is 0 Å². The SMILES string of the molecule is CCCn1ccnc1CC(=O)C(OC)OC. The van der Waals surface area contributed by atoms with Gasteiger partial charge in [0.15, 0.2) is 5.78 Å². The number of carbonyl (C=O) groups is 1. The second-order valence-electron chi connectivity index (χ2n) is 3.48. The first-order chi connectivity index (χ1) is 7.72. The van der Waals surface area contributed by atoms with Crippen molar-refractivity contribution in [1.29, 1.82) is 0 Å². The molecule has 0 N–H and O–H groups in total. The second-order valence-corrected chi connectivity index (χ2v) is 3.48. The molecule has 0 spiro atoms. The van der Waals surface area contributed by atoms with Gasteiger partial charge in [-0.3, -0.25) is 4.79 Å². The molecule has 0 saturated carbocycles. The van der Waals surface area contributed by atoms with Crippen LogP contribution >= 0.6 is 0 Å². The van der Waals surface area contributed by atoms with Crippen LogP contribution in [-0.4, -0.2) is 35.8 Å². The van der Waals surface area contributed by atoms with E-state index in [1.807, 2.05) is 10.8 Å². The molecule has 90 valence electrons. The van der Waals surface area contributed by atoms with Crippen LogP contribution in [0.5, 0.6) is 0 Å². The third-order valence-corrected chi connectivity index (χ3v) is 2.29. The van der Waals surface area contributed by atoms with Crippen LogP contribution in [0.1, 0.15) is 19.2 Å². The van der Waals surface area contributed by atoms with E-state index in [0.29, 0.717) is 0 Å². The summed E-state index contributed by atoms with van der Waals surface area (Å²) >= 11 is 0. The molecule has 1 heterocycles. The summed E-state index contributed by atoms with van der Waals surface area (Å²) in [7, 11) is 2.90. The molecule has 0 aliphatic carbocycles. The molecule has 5 nitrogen and oxygen atoms in total. The zero-order valence-electron chi connectivity index (χ0n) is 9.97. The van der Waals surface area contributed by atoms with Gasteiger partial charge >= 0.3 is 0 Å². The minimum absolute atomic E-state index is 0.117. The van der Waals surface area contributed by atoms with E-state index in [4.69, 9.17) is 9.47 Å². The van der Waals surface area contributed by atoms with Crippen LogP contribution in [0.3, 0.4) is 0 Å². The third-order valence-electron chi connectivity index (χ3n) is 2.29. The van der Waals surface area contributed by atoms with Crippen LogP contribution < -0.4 is 0 Å². The summed E-state index contributed by atoms with van der Waals surface area (Å²) in [6.45, 7) is 2.95. The Morgan fingerprint density at radius 2 is 2.19 bits per heavy atom. The highest BCUT2D eigenvalue weighted by Gasteiger charge is 2.19. The molecule has 0 aromatic carbocycles. The minimum Gasteiger partial charge on any atom is -0.349 e. The molecule has 0 radical (unpaired) electrons. The van der Waals surface area contributed by atoms with E-state index >= 15 is 0 Å². The molecule has 0 aliphatic rings. The highest BCUT2D eigenvalue weighted by molar-refractivity contribution is 5.83. The number of carbonyl (C=O) groups excluding carboxylic acids is 1. The maximum atomic E-state index is 11.7. The van der Waals surface area contributed by atoms with Gasteiger partial charge in [0.05, 0.1) is 6.42 Å². The topological polar surface area (TPSA) is 53.4 Å². The first kappa shape index (κ1) is 12.9. The quantitative estimate of drug-likeness (QED) is 0.651. The van der Waals surface area contributed by atoms with E-state index in [2.05, 4.69) is 11.9 Å². The fraction of sp³-hybridized carbons (Fsp3) is 0.636. The fourth-order valence-electron chi connectivity index (χ4n) is 1.55. The summed E-state index contributed by atoms with van der Waals surface area (Å²) in [5, 5.41) is 0. The number of nitrogens with zero attached hydrogens (tertiary/aromatic N) is 2. The van der Waals surface area contributed by atoms with E-state index in [9.17, 15) is 4.79 Å². The van der Waals surface area contributed by atoms with Crippen LogP contribution in [0.25, 0.3) is 0 Å². The number of aromatic nitrogens is 2. The number of methoxy groups -OCH3 is 2. The van der Waals surface area contributed by atoms with Crippen molar-refractivity contribution in [2.75, 3.05) is 14.2 Å². The highest BCUT2D eigenvalue weighted by atomic mass is 16.7. The molecule has 0 saturated heterocycles. The molecular formula is C11H18N2O3. The summed E-state index contributed by atoms with van der Waals surface area (Å²) in [6, 6.07) is 0. The predicted molar refractivity (Wildman–Crippen MR) is 59.0 cm³/mol. The number of hydrogen-bond acceptors (Lipinski definition) is 4. The van der Waals surface area contributed by atoms with Crippen LogP contribution in [0.15, 0.2) is 12.4 Å². The number of rotatable bonds is 7. The van der Waals surface area contributed by atoms with Crippen LogP contribution in [0.2, 0.25) is 0 Å². The maximum absolute atomic E-state index is 11.7. The van der Waals surface area contributed by atoms with Gasteiger partial charge in [-0.25, -0.2) is 4.98 Å². The van der Waals surface area contributed by atoms with Crippen LogP contribution in [0, 0.1) is 0 Å². The monoisotopic (exact) mass is 226 g/mol. The third kappa shape index (κ3) is 3.15. The van der Waals surface area contributed by atoms with Crippen molar-refractivity contribution in [2.45, 2.75) is 32.6 Å². The van der Waals surface area contributed by atoms with Gasteiger partial charge in [0.1, 0.15) is 5.82 Å². The Labute approximate surface area is 95.4 Å². The van der Waals surface area contributed by atoms with Crippen molar-refractivity contribution in [3.63, 3.8) is 0 Å². The molecule has 0 unspecified atom stereocenters. The average Bonchev–Trinajstić information content (AvgIpc) is 2.68. The van der Waals surface area contributed by atoms with E-state index in [0.717, 1.165) is 18.8 Å². The largest absolute Gasteiger partial charge is 0.349 e. The Morgan fingerprint density at radius 1 is 1.50 bits per heavy atom. The Morgan fingerprint density at radius 3 is 2.75 bits per heavy atom. The molecule has 1 aromatic heterocycles. The number of aryl methyl sites for hydroxylation is 1. The molecule has 0 bridgehead atoms. The van der Waals surface area contributed by atoms with Crippen molar-refractivity contribution in [2.24, 2.45) is 0 Å². The highest BCUT2D eigenvalue weighted by Crippen LogP contribution is 2.04. The summed E-state index contributed by atoms with van der Waals surface area (Å²) in [5.74, 6) is 0.638. The van der Waals surface area contributed by atoms with E-state index in [1.165, 1.54) is 14.2 Å². The van der Waals surface area contributed by atoms with Crippen molar-refractivity contribution >= 4 is 5.78 Å². The molecule has 16 heavy (non-hydrogen) atoms. The van der Waals surface area contributed by atoms with Gasteiger partial charge in [-0.15, -0.1) is 0 Å².